The quantitative estimate of drug-likeness (QED) is 0.145. The first-order chi connectivity index (χ1) is 32.1. The Hall–Kier alpha value is -7.63. The van der Waals surface area contributed by atoms with E-state index in [1.54, 1.807) is 0 Å². The average molecular weight is 865 g/mol. The smallest absolute Gasteiger partial charge is 0.0541 e. The minimum atomic E-state index is 0.989. The van der Waals surface area contributed by atoms with E-state index in [2.05, 4.69) is 234 Å². The zero-order valence-electron chi connectivity index (χ0n) is 35.4. The van der Waals surface area contributed by atoms with Gasteiger partial charge in [0, 0.05) is 63.7 Å². The molecule has 0 atom stereocenters. The maximum Gasteiger partial charge on any atom is 0.0541 e. The molecule has 0 aliphatic carbocycles. The Kier molecular flexibility index (Phi) is 8.90. The molecule has 0 bridgehead atoms. The van der Waals surface area contributed by atoms with Crippen molar-refractivity contribution in [3.8, 4) is 33.6 Å². The minimum Gasteiger partial charge on any atom is -0.309 e. The van der Waals surface area contributed by atoms with Crippen molar-refractivity contribution in [3.05, 3.63) is 236 Å². The van der Waals surface area contributed by atoms with E-state index >= 15 is 0 Å². The zero-order chi connectivity index (χ0) is 43.0. The molecule has 0 spiro atoms. The van der Waals surface area contributed by atoms with E-state index < -0.39 is 0 Å². The van der Waals surface area contributed by atoms with Crippen molar-refractivity contribution < 1.29 is 0 Å². The highest BCUT2D eigenvalue weighted by molar-refractivity contribution is 8.00. The second-order valence-electron chi connectivity index (χ2n) is 16.9. The van der Waals surface area contributed by atoms with Gasteiger partial charge in [0.15, 0.2) is 0 Å². The lowest BCUT2D eigenvalue weighted by Gasteiger charge is -2.09. The van der Waals surface area contributed by atoms with Gasteiger partial charge in [0.1, 0.15) is 0 Å². The molecule has 0 saturated carbocycles. The van der Waals surface area contributed by atoms with Crippen LogP contribution in [-0.2, 0) is 0 Å². The molecule has 0 amide bonds. The number of aromatic nitrogens is 2. The van der Waals surface area contributed by atoms with Crippen molar-refractivity contribution in [2.75, 3.05) is 5.75 Å². The van der Waals surface area contributed by atoms with Gasteiger partial charge in [-0.1, -0.05) is 140 Å². The normalized spacial score (nSPS) is 13.4. The van der Waals surface area contributed by atoms with Gasteiger partial charge in [-0.2, -0.15) is 0 Å². The first-order valence-corrected chi connectivity index (χ1v) is 23.9. The van der Waals surface area contributed by atoms with Crippen LogP contribution in [0.15, 0.2) is 230 Å². The summed E-state index contributed by atoms with van der Waals surface area (Å²) in [6.07, 6.45) is 6.56. The molecule has 3 aromatic heterocycles. The van der Waals surface area contributed by atoms with Gasteiger partial charge in [0.05, 0.1) is 22.1 Å². The summed E-state index contributed by atoms with van der Waals surface area (Å²) in [5.74, 6) is 0.997. The number of fused-ring (bicyclic) bond motifs is 10. The summed E-state index contributed by atoms with van der Waals surface area (Å²) in [5.41, 5.74) is 16.7. The molecule has 0 saturated heterocycles. The summed E-state index contributed by atoms with van der Waals surface area (Å²) in [6.45, 7) is 4.55. The Morgan fingerprint density at radius 3 is 1.69 bits per heavy atom. The van der Waals surface area contributed by atoms with E-state index in [-0.39, 0.29) is 0 Å². The number of allylic oxidation sites excluding steroid dienone is 4. The molecule has 9 aromatic carbocycles. The lowest BCUT2D eigenvalue weighted by Crippen LogP contribution is -1.93. The molecule has 0 N–H and O–H groups in total. The first kappa shape index (κ1) is 37.9. The van der Waals surface area contributed by atoms with Crippen molar-refractivity contribution in [1.82, 2.24) is 9.13 Å². The number of hydrogen-bond donors (Lipinski definition) is 0. The fourth-order valence-corrected chi connectivity index (χ4v) is 12.4. The van der Waals surface area contributed by atoms with Crippen LogP contribution >= 0.6 is 23.1 Å². The molecule has 4 heterocycles. The molecule has 4 heteroatoms. The predicted octanol–water partition coefficient (Wildman–Crippen LogP) is 17.3. The van der Waals surface area contributed by atoms with Gasteiger partial charge >= 0.3 is 0 Å². The summed E-state index contributed by atoms with van der Waals surface area (Å²) in [5, 5.41) is 7.54. The van der Waals surface area contributed by atoms with Gasteiger partial charge in [-0.3, -0.25) is 0 Å². The van der Waals surface area contributed by atoms with Crippen LogP contribution in [0, 0.1) is 0 Å². The molecule has 0 radical (unpaired) electrons. The number of para-hydroxylation sites is 2. The summed E-state index contributed by atoms with van der Waals surface area (Å²) < 4.78 is 7.46. The SMILES string of the molecule is C=C(/C=C\C=C1/CSc2ccccc21)c1ccc2c(c1)c1cc(-c3ccc4c(c3)c3cc(-c5cccc6c5sc5ccccc56)ccc3n4-c3ccccc3)ccc1n2-c1ccccc1. The Morgan fingerprint density at radius 2 is 1.00 bits per heavy atom. The van der Waals surface area contributed by atoms with Crippen LogP contribution in [0.5, 0.6) is 0 Å². The summed E-state index contributed by atoms with van der Waals surface area (Å²) in [4.78, 5) is 1.36. The van der Waals surface area contributed by atoms with Crippen molar-refractivity contribution in [3.63, 3.8) is 0 Å². The third-order valence-electron chi connectivity index (χ3n) is 13.2. The van der Waals surface area contributed by atoms with Gasteiger partial charge in [-0.05, 0) is 129 Å². The van der Waals surface area contributed by atoms with E-state index in [0.717, 1.165) is 28.3 Å². The lowest BCUT2D eigenvalue weighted by molar-refractivity contribution is 1.18. The van der Waals surface area contributed by atoms with Crippen molar-refractivity contribution in [2.45, 2.75) is 4.90 Å². The fraction of sp³-hybridized carbons (Fsp3) is 0.0164. The second kappa shape index (κ2) is 15.3. The number of benzene rings is 9. The van der Waals surface area contributed by atoms with Gasteiger partial charge in [0.25, 0.3) is 0 Å². The topological polar surface area (TPSA) is 9.86 Å². The van der Waals surface area contributed by atoms with E-state index in [1.165, 1.54) is 102 Å². The van der Waals surface area contributed by atoms with Crippen LogP contribution in [0.1, 0.15) is 11.1 Å². The first-order valence-electron chi connectivity index (χ1n) is 22.1. The third kappa shape index (κ3) is 6.24. The molecule has 13 rings (SSSR count). The van der Waals surface area contributed by atoms with Gasteiger partial charge in [0.2, 0.25) is 0 Å². The minimum absolute atomic E-state index is 0.989. The number of thiophene rings is 1. The van der Waals surface area contributed by atoms with Gasteiger partial charge in [-0.25, -0.2) is 0 Å². The third-order valence-corrected chi connectivity index (χ3v) is 15.5. The molecular weight excluding hydrogens is 825 g/mol. The monoisotopic (exact) mass is 864 g/mol. The van der Waals surface area contributed by atoms with Crippen LogP contribution in [0.25, 0.3) is 109 Å². The highest BCUT2D eigenvalue weighted by atomic mass is 32.2. The number of nitrogens with zero attached hydrogens (tertiary/aromatic N) is 2. The molecule has 0 fully saturated rings. The summed E-state index contributed by atoms with van der Waals surface area (Å²) in [7, 11) is 0. The lowest BCUT2D eigenvalue weighted by atomic mass is 9.98. The van der Waals surface area contributed by atoms with Gasteiger partial charge < -0.3 is 9.13 Å². The maximum absolute atomic E-state index is 4.55. The summed E-state index contributed by atoms with van der Waals surface area (Å²) in [6, 6.07) is 73.5. The zero-order valence-corrected chi connectivity index (χ0v) is 37.0. The van der Waals surface area contributed by atoms with Crippen LogP contribution in [-0.4, -0.2) is 14.9 Å². The van der Waals surface area contributed by atoms with E-state index in [0.29, 0.717) is 0 Å². The summed E-state index contributed by atoms with van der Waals surface area (Å²) >= 11 is 3.79. The fourth-order valence-electron chi connectivity index (χ4n) is 10.1. The molecule has 1 aliphatic heterocycles. The Bertz CT molecular complexity index is 3950. The van der Waals surface area contributed by atoms with Crippen LogP contribution in [0.2, 0.25) is 0 Å². The van der Waals surface area contributed by atoms with E-state index in [1.807, 2.05) is 23.1 Å². The van der Waals surface area contributed by atoms with Crippen LogP contribution in [0.4, 0.5) is 0 Å². The maximum atomic E-state index is 4.55. The largest absolute Gasteiger partial charge is 0.309 e. The molecule has 306 valence electrons. The Balaban J connectivity index is 0.957. The molecule has 12 aromatic rings. The molecular formula is C61H40N2S2. The number of rotatable bonds is 7. The molecule has 2 nitrogen and oxygen atoms in total. The van der Waals surface area contributed by atoms with E-state index in [4.69, 9.17) is 0 Å². The predicted molar refractivity (Wildman–Crippen MR) is 282 cm³/mol. The van der Waals surface area contributed by atoms with Crippen molar-refractivity contribution >= 4 is 98.0 Å². The highest BCUT2D eigenvalue weighted by Gasteiger charge is 2.19. The number of thioether (sulfide) groups is 1. The van der Waals surface area contributed by atoms with Crippen LogP contribution in [0.3, 0.4) is 0 Å². The highest BCUT2D eigenvalue weighted by Crippen LogP contribution is 2.44. The van der Waals surface area contributed by atoms with E-state index in [9.17, 15) is 0 Å². The molecule has 1 aliphatic rings. The Morgan fingerprint density at radius 1 is 0.462 bits per heavy atom. The molecule has 65 heavy (non-hydrogen) atoms. The van der Waals surface area contributed by atoms with Crippen molar-refractivity contribution in [1.29, 1.82) is 0 Å². The number of hydrogen-bond acceptors (Lipinski definition) is 2. The molecule has 0 unspecified atom stereocenters. The van der Waals surface area contributed by atoms with Crippen LogP contribution < -0.4 is 0 Å². The average Bonchev–Trinajstić information content (AvgIpc) is 4.13. The van der Waals surface area contributed by atoms with Gasteiger partial charge in [-0.15, -0.1) is 23.1 Å². The Labute approximate surface area is 385 Å². The standard InChI is InChI=1S/C61H40N2S2/c1-39(14-12-15-44-38-64-59-24-10-8-20-47(44)59)40-26-30-55-51(34-40)52-35-41(27-31-56(52)62(55)45-16-4-2-5-17-45)42-28-32-57-53(36-42)54-37-43(29-33-58(54)63(57)46-18-6-3-7-19-46)48-22-13-23-50-49-21-9-11-25-60(49)65-61(48)50/h2-37H,1,38H2/b14-12-,44-15+. The van der Waals surface area contributed by atoms with Crippen molar-refractivity contribution in [2.24, 2.45) is 0 Å². The second-order valence-corrected chi connectivity index (χ2v) is 19.0.